The van der Waals surface area contributed by atoms with Crippen LogP contribution in [-0.2, 0) is 16.0 Å². The Balaban J connectivity index is 1.29. The zero-order chi connectivity index (χ0) is 32.3. The van der Waals surface area contributed by atoms with Crippen molar-refractivity contribution in [1.29, 1.82) is 0 Å². The van der Waals surface area contributed by atoms with Crippen LogP contribution in [-0.4, -0.2) is 40.3 Å². The summed E-state index contributed by atoms with van der Waals surface area (Å²) in [5.41, 5.74) is 9.96. The third-order valence-electron chi connectivity index (χ3n) is 7.45. The summed E-state index contributed by atoms with van der Waals surface area (Å²) in [7, 11) is 0. The van der Waals surface area contributed by atoms with Crippen LogP contribution in [0.4, 0.5) is 0 Å². The maximum Gasteiger partial charge on any atom is 0.341 e. The molecule has 0 heterocycles. The van der Waals surface area contributed by atoms with Gasteiger partial charge in [-0.15, -0.1) is 23.5 Å². The van der Waals surface area contributed by atoms with Crippen molar-refractivity contribution in [2.75, 3.05) is 18.1 Å². The Bertz CT molecular complexity index is 1700. The van der Waals surface area contributed by atoms with Gasteiger partial charge in [-0.25, -0.2) is 4.79 Å². The molecule has 0 fully saturated rings. The van der Waals surface area contributed by atoms with Crippen molar-refractivity contribution >= 4 is 46.6 Å². The topological polar surface area (TPSA) is 83.8 Å². The van der Waals surface area contributed by atoms with E-state index >= 15 is 0 Å². The highest BCUT2D eigenvalue weighted by Gasteiger charge is 2.07. The van der Waals surface area contributed by atoms with Crippen molar-refractivity contribution in [3.63, 3.8) is 0 Å². The van der Waals surface area contributed by atoms with E-state index in [1.165, 1.54) is 33.4 Å². The van der Waals surface area contributed by atoms with Crippen LogP contribution in [0.1, 0.15) is 41.7 Å². The van der Waals surface area contributed by atoms with Gasteiger partial charge in [0.15, 0.2) is 6.61 Å². The molecule has 0 unspecified atom stereocenters. The van der Waals surface area contributed by atoms with E-state index in [-0.39, 0.29) is 13.0 Å². The van der Waals surface area contributed by atoms with Gasteiger partial charge in [0.05, 0.1) is 6.42 Å². The average molecular weight is 639 g/mol. The second kappa shape index (κ2) is 16.2. The fourth-order valence-corrected chi connectivity index (χ4v) is 6.65. The van der Waals surface area contributed by atoms with Gasteiger partial charge >= 0.3 is 11.9 Å². The maximum atomic E-state index is 11.0. The fourth-order valence-electron chi connectivity index (χ4n) is 4.75. The lowest BCUT2D eigenvalue weighted by molar-refractivity contribution is -0.139. The molecule has 0 aliphatic rings. The molecule has 232 valence electrons. The first-order chi connectivity index (χ1) is 21.6. The number of hydrogen-bond acceptors (Lipinski definition) is 5. The molecule has 0 saturated heterocycles. The monoisotopic (exact) mass is 638 g/mol. The molecule has 0 spiro atoms. The molecule has 0 atom stereocenters. The van der Waals surface area contributed by atoms with Crippen LogP contribution >= 0.6 is 23.5 Å². The van der Waals surface area contributed by atoms with Crippen LogP contribution in [0.5, 0.6) is 5.75 Å². The zero-order valence-electron chi connectivity index (χ0n) is 26.0. The molecule has 0 radical (unpaired) electrons. The highest BCUT2D eigenvalue weighted by atomic mass is 32.2. The number of carboxylic acid groups (broad SMARTS) is 2. The van der Waals surface area contributed by atoms with Gasteiger partial charge in [0, 0.05) is 21.3 Å². The van der Waals surface area contributed by atoms with Gasteiger partial charge in [-0.3, -0.25) is 4.79 Å². The van der Waals surface area contributed by atoms with Gasteiger partial charge in [0.25, 0.3) is 0 Å². The predicted octanol–water partition coefficient (Wildman–Crippen LogP) is 9.45. The highest BCUT2D eigenvalue weighted by Crippen LogP contribution is 2.29. The molecule has 4 aromatic rings. The molecule has 0 aromatic heterocycles. The van der Waals surface area contributed by atoms with Crippen molar-refractivity contribution in [3.05, 3.63) is 125 Å². The molecule has 0 amide bonds. The van der Waals surface area contributed by atoms with Crippen LogP contribution in [0.2, 0.25) is 0 Å². The molecule has 4 rings (SSSR count). The fraction of sp³-hybridized carbons (Fsp3) is 0.211. The van der Waals surface area contributed by atoms with E-state index < -0.39 is 11.9 Å². The highest BCUT2D eigenvalue weighted by molar-refractivity contribution is 7.99. The third-order valence-corrected chi connectivity index (χ3v) is 9.29. The molecule has 0 bridgehead atoms. The maximum absolute atomic E-state index is 11.0. The number of aryl methyl sites for hydroxylation is 2. The standard InChI is InChI=1S/C38H38O5S2/c1-25(17-19-44-34-14-13-33(23-37(39)40)27(3)21-34)29-5-9-31(10-6-29)32-11-7-30(8-12-32)26(2)18-20-45-35-15-16-36(28(4)22-35)43-24-38(41)42/h5-18,21-22H,19-20,23-24H2,1-4H3,(H,39,40)(H,41,42)/b25-17-,26-18-. The SMILES string of the molecule is C/C(=C/CSc1ccc(CC(=O)O)c(C)c1)c1ccc(-c2ccc(/C(C)=C\CSc3ccc(OCC(=O)O)c(C)c3)cc2)cc1. The number of benzene rings is 4. The summed E-state index contributed by atoms with van der Waals surface area (Å²) in [6.07, 6.45) is 4.51. The number of carbonyl (C=O) groups is 2. The second-order valence-corrected chi connectivity index (χ2v) is 13.0. The first-order valence-corrected chi connectivity index (χ1v) is 16.6. The smallest absolute Gasteiger partial charge is 0.341 e. The normalized spacial score (nSPS) is 11.8. The van der Waals surface area contributed by atoms with Gasteiger partial charge in [-0.1, -0.05) is 66.7 Å². The van der Waals surface area contributed by atoms with Gasteiger partial charge in [-0.2, -0.15) is 0 Å². The number of carboxylic acids is 2. The first-order valence-electron chi connectivity index (χ1n) is 14.7. The van der Waals surface area contributed by atoms with E-state index in [4.69, 9.17) is 14.9 Å². The summed E-state index contributed by atoms with van der Waals surface area (Å²) >= 11 is 3.47. The van der Waals surface area contributed by atoms with E-state index in [9.17, 15) is 9.59 Å². The van der Waals surface area contributed by atoms with Crippen LogP contribution in [0.25, 0.3) is 22.3 Å². The Morgan fingerprint density at radius 1 is 0.667 bits per heavy atom. The van der Waals surface area contributed by atoms with Crippen LogP contribution in [0.15, 0.2) is 107 Å². The average Bonchev–Trinajstić information content (AvgIpc) is 3.01. The van der Waals surface area contributed by atoms with Crippen LogP contribution < -0.4 is 4.74 Å². The van der Waals surface area contributed by atoms with E-state index in [2.05, 4.69) is 80.6 Å². The molecule has 45 heavy (non-hydrogen) atoms. The summed E-state index contributed by atoms with van der Waals surface area (Å²) in [4.78, 5) is 24.0. The van der Waals surface area contributed by atoms with E-state index in [1.54, 1.807) is 23.5 Å². The number of rotatable bonds is 14. The number of hydrogen-bond donors (Lipinski definition) is 2. The largest absolute Gasteiger partial charge is 0.482 e. The van der Waals surface area contributed by atoms with Gasteiger partial charge in [0.1, 0.15) is 5.75 Å². The van der Waals surface area contributed by atoms with Gasteiger partial charge in [-0.05, 0) is 108 Å². The molecular weight excluding hydrogens is 601 g/mol. The Morgan fingerprint density at radius 2 is 1.16 bits per heavy atom. The lowest BCUT2D eigenvalue weighted by Crippen LogP contribution is -2.09. The minimum absolute atomic E-state index is 0.0557. The Hall–Kier alpha value is -4.20. The van der Waals surface area contributed by atoms with Crippen LogP contribution in [0.3, 0.4) is 0 Å². The van der Waals surface area contributed by atoms with E-state index in [0.29, 0.717) is 5.75 Å². The van der Waals surface area contributed by atoms with E-state index in [1.807, 2.05) is 44.2 Å². The van der Waals surface area contributed by atoms with Crippen molar-refractivity contribution in [1.82, 2.24) is 0 Å². The lowest BCUT2D eigenvalue weighted by Gasteiger charge is -2.09. The van der Waals surface area contributed by atoms with Crippen molar-refractivity contribution < 1.29 is 24.5 Å². The Morgan fingerprint density at radius 3 is 1.60 bits per heavy atom. The van der Waals surface area contributed by atoms with Crippen LogP contribution in [0, 0.1) is 13.8 Å². The summed E-state index contributed by atoms with van der Waals surface area (Å²) in [6.45, 7) is 7.80. The molecule has 5 nitrogen and oxygen atoms in total. The molecule has 0 aliphatic carbocycles. The lowest BCUT2D eigenvalue weighted by atomic mass is 9.99. The minimum atomic E-state index is -0.985. The molecule has 0 aliphatic heterocycles. The number of allylic oxidation sites excluding steroid dienone is 2. The number of ether oxygens (including phenoxy) is 1. The van der Waals surface area contributed by atoms with Crippen molar-refractivity contribution in [2.24, 2.45) is 0 Å². The molecular formula is C38H38O5S2. The number of thioether (sulfide) groups is 2. The Kier molecular flexibility index (Phi) is 12.1. The third kappa shape index (κ3) is 10.2. The van der Waals surface area contributed by atoms with Crippen molar-refractivity contribution in [2.45, 2.75) is 43.9 Å². The first kappa shape index (κ1) is 33.7. The summed E-state index contributed by atoms with van der Waals surface area (Å²) in [6, 6.07) is 29.1. The quantitative estimate of drug-likeness (QED) is 0.133. The van der Waals surface area contributed by atoms with Crippen molar-refractivity contribution in [3.8, 4) is 16.9 Å². The molecule has 7 heteroatoms. The Labute approximate surface area is 274 Å². The van der Waals surface area contributed by atoms with E-state index in [0.717, 1.165) is 38.0 Å². The zero-order valence-corrected chi connectivity index (χ0v) is 27.6. The minimum Gasteiger partial charge on any atom is -0.482 e. The second-order valence-electron chi connectivity index (χ2n) is 10.8. The summed E-state index contributed by atoms with van der Waals surface area (Å²) in [5.74, 6) is 0.473. The van der Waals surface area contributed by atoms with Gasteiger partial charge < -0.3 is 14.9 Å². The summed E-state index contributed by atoms with van der Waals surface area (Å²) in [5, 5.41) is 17.9. The predicted molar refractivity (Wildman–Crippen MR) is 187 cm³/mol. The molecule has 2 N–H and O–H groups in total. The molecule has 4 aromatic carbocycles. The molecule has 0 saturated carbocycles. The number of aliphatic carboxylic acids is 2. The van der Waals surface area contributed by atoms with Gasteiger partial charge in [0.2, 0.25) is 0 Å². The summed E-state index contributed by atoms with van der Waals surface area (Å²) < 4.78 is 5.32.